The first-order valence-corrected chi connectivity index (χ1v) is 23.2. The van der Waals surface area contributed by atoms with Crippen molar-refractivity contribution in [3.05, 3.63) is 24.3 Å². The Balaban J connectivity index is 1.14. The maximum Gasteiger partial charge on any atom is 0.302 e. The molecule has 0 aromatic carbocycles. The largest absolute Gasteiger partial charge is 0.463 e. The van der Waals surface area contributed by atoms with Crippen molar-refractivity contribution in [2.75, 3.05) is 6.61 Å². The summed E-state index contributed by atoms with van der Waals surface area (Å²) >= 11 is 0. The van der Waals surface area contributed by atoms with Crippen LogP contribution in [0.15, 0.2) is 24.3 Å². The number of esters is 1. The van der Waals surface area contributed by atoms with Crippen molar-refractivity contribution in [1.29, 1.82) is 0 Å². The van der Waals surface area contributed by atoms with Crippen LogP contribution in [0.4, 0.5) is 0 Å². The molecule has 6 aliphatic rings. The van der Waals surface area contributed by atoms with E-state index in [0.717, 1.165) is 18.4 Å². The lowest BCUT2D eigenvalue weighted by molar-refractivity contribution is -0.359. The second-order valence-electron chi connectivity index (χ2n) is 20.4. The molecular weight excluding hydrogens is 856 g/mol. The van der Waals surface area contributed by atoms with E-state index in [4.69, 9.17) is 37.9 Å². The van der Waals surface area contributed by atoms with Crippen LogP contribution in [0.3, 0.4) is 0 Å². The number of aliphatic hydroxyl groups is 10. The van der Waals surface area contributed by atoms with Gasteiger partial charge in [-0.05, 0) is 95.3 Å². The summed E-state index contributed by atoms with van der Waals surface area (Å²) in [5.41, 5.74) is -0.713. The number of rotatable bonds is 13. The normalized spacial score (nSPS) is 51.6. The SMILES string of the molecule is C=C[C@](C)(CC[C@]1(C)[C@@H](C)C[C@H]([C@@H]2O[C@@H](C)[C@H](O[C@@H]3O[C@H](COC(C)=O)[C@@H](O)[C@H](O)[C@H]3O)[C@@H](O)[C@H]2O)[C@]2(C)C(C)=CCC[C@@H]12)O[C@@H]1O[C@H](C)[C@H](O[C@@H]2O[C@@H](C)[C@H](O)[C@@H](O)[C@H]2O)[C@H](O)[C@H]1O. The minimum atomic E-state index is -1.73. The van der Waals surface area contributed by atoms with Crippen molar-refractivity contribution >= 4 is 5.97 Å². The van der Waals surface area contributed by atoms with Gasteiger partial charge in [0.15, 0.2) is 18.9 Å². The topological polar surface area (TPSA) is 293 Å². The number of carbonyl (C=O) groups excluding carboxylic acids is 1. The predicted octanol–water partition coefficient (Wildman–Crippen LogP) is -0.303. The van der Waals surface area contributed by atoms with Gasteiger partial charge in [0.25, 0.3) is 0 Å². The Hall–Kier alpha value is -1.73. The maximum absolute atomic E-state index is 11.9. The van der Waals surface area contributed by atoms with Crippen molar-refractivity contribution < 1.29 is 93.8 Å². The Labute approximate surface area is 381 Å². The molecule has 0 amide bonds. The van der Waals surface area contributed by atoms with Gasteiger partial charge in [-0.2, -0.15) is 0 Å². The summed E-state index contributed by atoms with van der Waals surface area (Å²) < 4.78 is 47.3. The first-order valence-electron chi connectivity index (χ1n) is 23.2. The highest BCUT2D eigenvalue weighted by Crippen LogP contribution is 2.66. The number of aliphatic hydroxyl groups excluding tert-OH is 10. The summed E-state index contributed by atoms with van der Waals surface area (Å²) in [5, 5.41) is 109. The molecule has 4 aliphatic heterocycles. The Morgan fingerprint density at radius 2 is 1.29 bits per heavy atom. The Morgan fingerprint density at radius 3 is 1.89 bits per heavy atom. The third kappa shape index (κ3) is 10.0. The van der Waals surface area contributed by atoms with Gasteiger partial charge in [-0.25, -0.2) is 0 Å². The molecule has 19 heteroatoms. The number of hydrogen-bond acceptors (Lipinski definition) is 19. The molecule has 19 nitrogen and oxygen atoms in total. The molecule has 374 valence electrons. The second kappa shape index (κ2) is 20.3. The van der Waals surface area contributed by atoms with Crippen LogP contribution >= 0.6 is 0 Å². The zero-order valence-corrected chi connectivity index (χ0v) is 39.0. The fourth-order valence-electron chi connectivity index (χ4n) is 11.6. The number of hydrogen-bond donors (Lipinski definition) is 10. The maximum atomic E-state index is 11.9. The molecule has 0 aromatic heterocycles. The molecule has 0 bridgehead atoms. The summed E-state index contributed by atoms with van der Waals surface area (Å²) in [5.74, 6) is -0.766. The molecule has 0 unspecified atom stereocenters. The van der Waals surface area contributed by atoms with Crippen LogP contribution in [0.5, 0.6) is 0 Å². The van der Waals surface area contributed by atoms with Crippen molar-refractivity contribution in [3.63, 3.8) is 0 Å². The second-order valence-corrected chi connectivity index (χ2v) is 20.4. The molecule has 4 saturated heterocycles. The van der Waals surface area contributed by atoms with Gasteiger partial charge in [0.1, 0.15) is 86.0 Å². The molecule has 0 spiro atoms. The minimum Gasteiger partial charge on any atom is -0.463 e. The molecule has 65 heavy (non-hydrogen) atoms. The van der Waals surface area contributed by atoms with E-state index < -0.39 is 146 Å². The van der Waals surface area contributed by atoms with Crippen molar-refractivity contribution in [2.24, 2.45) is 28.6 Å². The first-order chi connectivity index (χ1) is 30.3. The lowest BCUT2D eigenvalue weighted by atomic mass is 9.42. The summed E-state index contributed by atoms with van der Waals surface area (Å²) in [6, 6.07) is 0. The number of fused-ring (bicyclic) bond motifs is 1. The minimum absolute atomic E-state index is 0.0617. The molecule has 4 heterocycles. The first kappa shape index (κ1) is 52.6. The van der Waals surface area contributed by atoms with Gasteiger partial charge in [-0.15, -0.1) is 6.58 Å². The Kier molecular flexibility index (Phi) is 16.5. The molecule has 6 rings (SSSR count). The molecule has 10 N–H and O–H groups in total. The van der Waals surface area contributed by atoms with Gasteiger partial charge >= 0.3 is 5.97 Å². The van der Waals surface area contributed by atoms with E-state index >= 15 is 0 Å². The van der Waals surface area contributed by atoms with Crippen LogP contribution < -0.4 is 0 Å². The van der Waals surface area contributed by atoms with Crippen molar-refractivity contribution in [2.45, 2.75) is 223 Å². The zero-order valence-electron chi connectivity index (χ0n) is 39.0. The van der Waals surface area contributed by atoms with E-state index in [9.17, 15) is 55.9 Å². The predicted molar refractivity (Wildman–Crippen MR) is 227 cm³/mol. The highest BCUT2D eigenvalue weighted by Gasteiger charge is 2.62. The van der Waals surface area contributed by atoms with Gasteiger partial charge < -0.3 is 89.0 Å². The molecule has 26 atom stereocenters. The van der Waals surface area contributed by atoms with Crippen LogP contribution in [0.2, 0.25) is 0 Å². The van der Waals surface area contributed by atoms with Gasteiger partial charge in [-0.1, -0.05) is 38.5 Å². The van der Waals surface area contributed by atoms with E-state index in [-0.39, 0.29) is 23.2 Å². The fourth-order valence-corrected chi connectivity index (χ4v) is 11.6. The molecule has 5 fully saturated rings. The molecule has 2 aliphatic carbocycles. The summed E-state index contributed by atoms with van der Waals surface area (Å²) in [4.78, 5) is 11.4. The Bertz CT molecular complexity index is 1670. The molecule has 1 saturated carbocycles. The van der Waals surface area contributed by atoms with Gasteiger partial charge in [0, 0.05) is 6.92 Å². The van der Waals surface area contributed by atoms with Crippen LogP contribution in [-0.2, 0) is 42.7 Å². The van der Waals surface area contributed by atoms with Crippen molar-refractivity contribution in [3.8, 4) is 0 Å². The van der Waals surface area contributed by atoms with E-state index in [1.807, 2.05) is 6.92 Å². The standard InChI is InChI=1S/C46H76O19/c1-11-44(8,65-43-37(57)34(54)39(23(6)61-43)63-41-35(55)30(50)28(48)21(4)60-41)15-16-45(9)20(3)17-25(46(10)19(2)13-12-14-27(45)46)40-33(53)32(52)38(22(5)59-40)64-42-36(56)31(51)29(49)26(62-42)18-58-24(7)47/h11,13,20-23,25-43,48-57H,1,12,14-18H2,2-10H3/t20-,21-,22-,23+,25+,26+,27-,28-,29+,30+,31-,32-,33+,34+,35+,36+,37+,38-,39-,40-,41-,42-,43-,44+,45+,46-/m0/s1. The van der Waals surface area contributed by atoms with Crippen LogP contribution in [0, 0.1) is 28.6 Å². The van der Waals surface area contributed by atoms with Crippen LogP contribution in [-0.4, -0.2) is 192 Å². The zero-order chi connectivity index (χ0) is 48.2. The van der Waals surface area contributed by atoms with E-state index in [1.165, 1.54) is 13.8 Å². The monoisotopic (exact) mass is 932 g/mol. The molecule has 0 radical (unpaired) electrons. The lowest BCUT2D eigenvalue weighted by Gasteiger charge is -2.64. The number of allylic oxidation sites excluding steroid dienone is 2. The average molecular weight is 933 g/mol. The lowest BCUT2D eigenvalue weighted by Crippen LogP contribution is -2.66. The van der Waals surface area contributed by atoms with Crippen molar-refractivity contribution in [1.82, 2.24) is 0 Å². The van der Waals surface area contributed by atoms with E-state index in [1.54, 1.807) is 19.9 Å². The Morgan fingerprint density at radius 1 is 0.754 bits per heavy atom. The summed E-state index contributed by atoms with van der Waals surface area (Å²) in [7, 11) is 0. The molecular formula is C46H76O19. The van der Waals surface area contributed by atoms with Crippen LogP contribution in [0.1, 0.15) is 94.4 Å². The fraction of sp³-hybridized carbons (Fsp3) is 0.891. The van der Waals surface area contributed by atoms with Gasteiger partial charge in [0.05, 0.1) is 30.0 Å². The third-order valence-corrected chi connectivity index (χ3v) is 16.3. The van der Waals surface area contributed by atoms with E-state index in [0.29, 0.717) is 19.3 Å². The summed E-state index contributed by atoms with van der Waals surface area (Å²) in [6.07, 6.45) is -19.6. The molecule has 0 aromatic rings. The van der Waals surface area contributed by atoms with Crippen LogP contribution in [0.25, 0.3) is 0 Å². The number of carbonyl (C=O) groups is 1. The van der Waals surface area contributed by atoms with Gasteiger partial charge in [0.2, 0.25) is 0 Å². The van der Waals surface area contributed by atoms with Gasteiger partial charge in [-0.3, -0.25) is 4.79 Å². The average Bonchev–Trinajstić information content (AvgIpc) is 3.26. The smallest absolute Gasteiger partial charge is 0.302 e. The third-order valence-electron chi connectivity index (χ3n) is 16.3. The van der Waals surface area contributed by atoms with E-state index in [2.05, 4.69) is 40.3 Å². The highest BCUT2D eigenvalue weighted by molar-refractivity contribution is 5.65. The summed E-state index contributed by atoms with van der Waals surface area (Å²) in [6.45, 7) is 20.2. The highest BCUT2D eigenvalue weighted by atomic mass is 16.7. The number of ether oxygens (including phenoxy) is 8. The quantitative estimate of drug-likeness (QED) is 0.0838.